The minimum Gasteiger partial charge on any atom is -0.350 e. The molecule has 1 aromatic heterocycles. The molecule has 1 aliphatic carbocycles. The number of fused-ring (bicyclic) bond motifs is 2. The summed E-state index contributed by atoms with van der Waals surface area (Å²) in [5, 5.41) is 5.37. The molecular formula is C26H30ClN3O. The number of nitrogens with zero attached hydrogens (tertiary/aromatic N) is 2. The average Bonchev–Trinajstić information content (AvgIpc) is 3.09. The second kappa shape index (κ2) is 8.68. The van der Waals surface area contributed by atoms with Gasteiger partial charge in [-0.3, -0.25) is 9.69 Å². The van der Waals surface area contributed by atoms with E-state index in [0.717, 1.165) is 56.8 Å². The molecule has 5 heteroatoms. The molecule has 1 N–H and O–H groups in total. The first kappa shape index (κ1) is 20.6. The average molecular weight is 436 g/mol. The van der Waals surface area contributed by atoms with Crippen LogP contribution >= 0.6 is 11.6 Å². The van der Waals surface area contributed by atoms with E-state index in [4.69, 9.17) is 11.6 Å². The van der Waals surface area contributed by atoms with Crippen LogP contribution in [-0.4, -0.2) is 28.5 Å². The molecule has 4 nitrogen and oxygen atoms in total. The Balaban J connectivity index is 1.20. The molecular weight excluding hydrogens is 406 g/mol. The predicted molar refractivity (Wildman–Crippen MR) is 126 cm³/mol. The molecule has 3 aromatic rings. The molecule has 5 rings (SSSR count). The number of hydrogen-bond donors (Lipinski definition) is 1. The van der Waals surface area contributed by atoms with Crippen LogP contribution in [0.4, 0.5) is 0 Å². The Bertz CT molecular complexity index is 1100. The van der Waals surface area contributed by atoms with Gasteiger partial charge in [0.05, 0.1) is 6.04 Å². The van der Waals surface area contributed by atoms with Gasteiger partial charge in [-0.25, -0.2) is 0 Å². The maximum atomic E-state index is 13.0. The third-order valence-corrected chi connectivity index (χ3v) is 7.31. The van der Waals surface area contributed by atoms with E-state index in [0.29, 0.717) is 0 Å². The molecule has 0 unspecified atom stereocenters. The molecule has 0 saturated carbocycles. The van der Waals surface area contributed by atoms with Gasteiger partial charge >= 0.3 is 0 Å². The smallest absolute Gasteiger partial charge is 0.223 e. The van der Waals surface area contributed by atoms with E-state index in [1.165, 1.54) is 27.6 Å². The van der Waals surface area contributed by atoms with Crippen LogP contribution in [0, 0.1) is 5.92 Å². The summed E-state index contributed by atoms with van der Waals surface area (Å²) in [7, 11) is 2.08. The standard InChI is InChI=1S/C26H30ClN3O/c1-29-16-20(23-15-21(27)9-10-25(23)29)17-30-13-11-19(12-14-30)26(31)28-24-8-4-6-18-5-2-3-7-22(18)24/h2-3,5,7,9-10,15-16,19,24H,4,6,8,11-14,17H2,1H3,(H,28,31)/t24-/m0/s1. The lowest BCUT2D eigenvalue weighted by Crippen LogP contribution is -2.41. The first-order valence-electron chi connectivity index (χ1n) is 11.4. The van der Waals surface area contributed by atoms with Crippen molar-refractivity contribution in [3.63, 3.8) is 0 Å². The minimum absolute atomic E-state index is 0.118. The van der Waals surface area contributed by atoms with E-state index >= 15 is 0 Å². The van der Waals surface area contributed by atoms with Crippen LogP contribution in [-0.2, 0) is 24.8 Å². The Morgan fingerprint density at radius 3 is 2.77 bits per heavy atom. The van der Waals surface area contributed by atoms with Crippen molar-refractivity contribution in [2.75, 3.05) is 13.1 Å². The van der Waals surface area contributed by atoms with Gasteiger partial charge in [-0.1, -0.05) is 35.9 Å². The van der Waals surface area contributed by atoms with Gasteiger partial charge < -0.3 is 9.88 Å². The van der Waals surface area contributed by atoms with Crippen molar-refractivity contribution in [3.8, 4) is 0 Å². The maximum absolute atomic E-state index is 13.0. The third-order valence-electron chi connectivity index (χ3n) is 7.07. The highest BCUT2D eigenvalue weighted by atomic mass is 35.5. The largest absolute Gasteiger partial charge is 0.350 e. The van der Waals surface area contributed by atoms with Crippen LogP contribution in [0.3, 0.4) is 0 Å². The highest BCUT2D eigenvalue weighted by Crippen LogP contribution is 2.31. The van der Waals surface area contributed by atoms with Crippen LogP contribution in [0.5, 0.6) is 0 Å². The number of carbonyl (C=O) groups excluding carboxylic acids is 1. The number of carbonyl (C=O) groups is 1. The van der Waals surface area contributed by atoms with Crippen molar-refractivity contribution in [2.45, 2.75) is 44.7 Å². The van der Waals surface area contributed by atoms with Gasteiger partial charge in [-0.15, -0.1) is 0 Å². The Hall–Kier alpha value is -2.30. The predicted octanol–water partition coefficient (Wildman–Crippen LogP) is 5.24. The summed E-state index contributed by atoms with van der Waals surface area (Å²) < 4.78 is 2.17. The lowest BCUT2D eigenvalue weighted by molar-refractivity contribution is -0.127. The summed E-state index contributed by atoms with van der Waals surface area (Å²) in [6, 6.07) is 14.8. The summed E-state index contributed by atoms with van der Waals surface area (Å²) in [5.74, 6) is 0.352. The van der Waals surface area contributed by atoms with E-state index in [-0.39, 0.29) is 17.9 Å². The number of aryl methyl sites for hydroxylation is 2. The molecule has 0 spiro atoms. The van der Waals surface area contributed by atoms with Gasteiger partial charge in [0.15, 0.2) is 0 Å². The van der Waals surface area contributed by atoms with Crippen molar-refractivity contribution >= 4 is 28.4 Å². The Kier molecular flexibility index (Phi) is 5.77. The SMILES string of the molecule is Cn1cc(CN2CCC(C(=O)N[C@H]3CCCc4ccccc43)CC2)c2cc(Cl)ccc21. The summed E-state index contributed by atoms with van der Waals surface area (Å²) in [5.41, 5.74) is 5.22. The van der Waals surface area contributed by atoms with Crippen molar-refractivity contribution in [2.24, 2.45) is 13.0 Å². The second-order valence-corrected chi connectivity index (χ2v) is 9.57. The normalized spacial score (nSPS) is 20.0. The molecule has 1 amide bonds. The van der Waals surface area contributed by atoms with Gasteiger partial charge in [-0.2, -0.15) is 0 Å². The van der Waals surface area contributed by atoms with Crippen LogP contribution < -0.4 is 5.32 Å². The number of rotatable bonds is 4. The first-order valence-corrected chi connectivity index (χ1v) is 11.8. The fraction of sp³-hybridized carbons (Fsp3) is 0.423. The number of nitrogens with one attached hydrogen (secondary N) is 1. The number of hydrogen-bond acceptors (Lipinski definition) is 2. The lowest BCUT2D eigenvalue weighted by Gasteiger charge is -2.33. The molecule has 0 radical (unpaired) electrons. The maximum Gasteiger partial charge on any atom is 0.223 e. The Labute approximate surface area is 189 Å². The van der Waals surface area contributed by atoms with Gasteiger partial charge in [-0.05, 0) is 80.1 Å². The quantitative estimate of drug-likeness (QED) is 0.608. The number of piperidine rings is 1. The summed E-state index contributed by atoms with van der Waals surface area (Å²) in [6.45, 7) is 2.81. The topological polar surface area (TPSA) is 37.3 Å². The Morgan fingerprint density at radius 2 is 1.94 bits per heavy atom. The molecule has 162 valence electrons. The third kappa shape index (κ3) is 4.24. The van der Waals surface area contributed by atoms with Crippen LogP contribution in [0.1, 0.15) is 48.4 Å². The molecule has 31 heavy (non-hydrogen) atoms. The molecule has 0 bridgehead atoms. The van der Waals surface area contributed by atoms with Gasteiger partial charge in [0.25, 0.3) is 0 Å². The van der Waals surface area contributed by atoms with Crippen molar-refractivity contribution in [3.05, 3.63) is 70.4 Å². The fourth-order valence-corrected chi connectivity index (χ4v) is 5.53. The fourth-order valence-electron chi connectivity index (χ4n) is 5.36. The Morgan fingerprint density at radius 1 is 1.13 bits per heavy atom. The zero-order valence-corrected chi connectivity index (χ0v) is 18.9. The molecule has 2 heterocycles. The van der Waals surface area contributed by atoms with Gasteiger partial charge in [0.1, 0.15) is 0 Å². The second-order valence-electron chi connectivity index (χ2n) is 9.13. The monoisotopic (exact) mass is 435 g/mol. The van der Waals surface area contributed by atoms with Gasteiger partial charge in [0, 0.05) is 41.6 Å². The van der Waals surface area contributed by atoms with Crippen molar-refractivity contribution in [1.29, 1.82) is 0 Å². The van der Waals surface area contributed by atoms with Crippen LogP contribution in [0.2, 0.25) is 5.02 Å². The zero-order chi connectivity index (χ0) is 21.4. The highest BCUT2D eigenvalue weighted by molar-refractivity contribution is 6.31. The summed E-state index contributed by atoms with van der Waals surface area (Å²) in [4.78, 5) is 15.5. The minimum atomic E-state index is 0.118. The van der Waals surface area contributed by atoms with Crippen molar-refractivity contribution in [1.82, 2.24) is 14.8 Å². The lowest BCUT2D eigenvalue weighted by atomic mass is 9.87. The van der Waals surface area contributed by atoms with E-state index in [1.807, 2.05) is 6.07 Å². The molecule has 1 fully saturated rings. The van der Waals surface area contributed by atoms with E-state index < -0.39 is 0 Å². The summed E-state index contributed by atoms with van der Waals surface area (Å²) >= 11 is 6.24. The molecule has 1 atom stereocenters. The number of aromatic nitrogens is 1. The van der Waals surface area contributed by atoms with Crippen molar-refractivity contribution < 1.29 is 4.79 Å². The molecule has 1 saturated heterocycles. The number of halogens is 1. The number of benzene rings is 2. The van der Waals surface area contributed by atoms with E-state index in [2.05, 4.69) is 64.4 Å². The highest BCUT2D eigenvalue weighted by Gasteiger charge is 2.28. The van der Waals surface area contributed by atoms with Crippen LogP contribution in [0.15, 0.2) is 48.7 Å². The van der Waals surface area contributed by atoms with Crippen LogP contribution in [0.25, 0.3) is 10.9 Å². The molecule has 1 aliphatic heterocycles. The zero-order valence-electron chi connectivity index (χ0n) is 18.1. The van der Waals surface area contributed by atoms with E-state index in [1.54, 1.807) is 0 Å². The number of amides is 1. The van der Waals surface area contributed by atoms with E-state index in [9.17, 15) is 4.79 Å². The first-order chi connectivity index (χ1) is 15.1. The molecule has 2 aromatic carbocycles. The molecule has 2 aliphatic rings. The summed E-state index contributed by atoms with van der Waals surface area (Å²) in [6.07, 6.45) is 7.37. The van der Waals surface area contributed by atoms with Gasteiger partial charge in [0.2, 0.25) is 5.91 Å². The number of likely N-dealkylation sites (tertiary alicyclic amines) is 1.